The monoisotopic (exact) mass is 381 g/mol. The van der Waals surface area contributed by atoms with Crippen LogP contribution < -0.4 is 20.4 Å². The molecular formula is C21H31N7. The molecule has 0 saturated carbocycles. The van der Waals surface area contributed by atoms with Crippen LogP contribution >= 0.6 is 0 Å². The number of nitrogens with zero attached hydrogens (tertiary/aromatic N) is 6. The summed E-state index contributed by atoms with van der Waals surface area (Å²) in [6.45, 7) is 12.1. The Morgan fingerprint density at radius 1 is 0.786 bits per heavy atom. The Balaban J connectivity index is 1.48. The highest BCUT2D eigenvalue weighted by atomic mass is 15.3. The lowest BCUT2D eigenvalue weighted by molar-refractivity contribution is 0.312. The van der Waals surface area contributed by atoms with Crippen LogP contribution in [0.2, 0.25) is 0 Å². The van der Waals surface area contributed by atoms with E-state index >= 15 is 0 Å². The van der Waals surface area contributed by atoms with E-state index in [1.165, 1.54) is 16.8 Å². The van der Waals surface area contributed by atoms with Crippen molar-refractivity contribution >= 4 is 23.0 Å². The first-order chi connectivity index (χ1) is 13.5. The highest BCUT2D eigenvalue weighted by Crippen LogP contribution is 2.31. The van der Waals surface area contributed by atoms with Crippen LogP contribution in [0.1, 0.15) is 11.1 Å². The predicted octanol–water partition coefficient (Wildman–Crippen LogP) is 1.75. The summed E-state index contributed by atoms with van der Waals surface area (Å²) in [5.74, 6) is 1.76. The van der Waals surface area contributed by atoms with Crippen LogP contribution in [-0.4, -0.2) is 74.3 Å². The standard InChI is InChI=1S/C21H31N7/c1-16-5-4-6-18(17(16)2)26-11-13-28(14-12-26)21-19(22)20(23-15-24-21)27-9-7-25(3)8-10-27/h4-6,15H,7-14,22H2,1-3H3. The van der Waals surface area contributed by atoms with E-state index in [-0.39, 0.29) is 0 Å². The summed E-state index contributed by atoms with van der Waals surface area (Å²) in [4.78, 5) is 18.4. The molecular weight excluding hydrogens is 350 g/mol. The Morgan fingerprint density at radius 3 is 1.93 bits per heavy atom. The van der Waals surface area contributed by atoms with Gasteiger partial charge in [-0.05, 0) is 38.1 Å². The fourth-order valence-corrected chi connectivity index (χ4v) is 4.14. The summed E-state index contributed by atoms with van der Waals surface area (Å²) in [6, 6.07) is 6.55. The summed E-state index contributed by atoms with van der Waals surface area (Å²) < 4.78 is 0. The van der Waals surface area contributed by atoms with Crippen molar-refractivity contribution in [1.82, 2.24) is 14.9 Å². The van der Waals surface area contributed by atoms with Crippen LogP contribution in [0.4, 0.5) is 23.0 Å². The van der Waals surface area contributed by atoms with Crippen molar-refractivity contribution in [2.75, 3.05) is 79.8 Å². The van der Waals surface area contributed by atoms with E-state index < -0.39 is 0 Å². The number of piperazine rings is 2. The number of aryl methyl sites for hydroxylation is 1. The van der Waals surface area contributed by atoms with Gasteiger partial charge in [-0.15, -0.1) is 0 Å². The Hall–Kier alpha value is -2.54. The second-order valence-corrected chi connectivity index (χ2v) is 7.92. The van der Waals surface area contributed by atoms with Gasteiger partial charge in [0.1, 0.15) is 12.0 Å². The van der Waals surface area contributed by atoms with E-state index in [0.717, 1.165) is 64.0 Å². The molecule has 1 aromatic carbocycles. The molecule has 0 atom stereocenters. The molecule has 7 nitrogen and oxygen atoms in total. The van der Waals surface area contributed by atoms with Gasteiger partial charge in [0, 0.05) is 58.0 Å². The molecule has 4 rings (SSSR count). The van der Waals surface area contributed by atoms with Gasteiger partial charge in [0.15, 0.2) is 11.6 Å². The van der Waals surface area contributed by atoms with Crippen LogP contribution in [0.5, 0.6) is 0 Å². The van der Waals surface area contributed by atoms with Gasteiger partial charge in [-0.2, -0.15) is 0 Å². The van der Waals surface area contributed by atoms with Crippen LogP contribution in [0, 0.1) is 13.8 Å². The first kappa shape index (κ1) is 18.8. The normalized spacial score (nSPS) is 18.6. The molecule has 2 saturated heterocycles. The fourth-order valence-electron chi connectivity index (χ4n) is 4.14. The highest BCUT2D eigenvalue weighted by molar-refractivity contribution is 5.76. The largest absolute Gasteiger partial charge is 0.393 e. The van der Waals surface area contributed by atoms with Gasteiger partial charge in [-0.25, -0.2) is 9.97 Å². The summed E-state index contributed by atoms with van der Waals surface area (Å²) in [5.41, 5.74) is 11.3. The third-order valence-corrected chi connectivity index (χ3v) is 6.14. The number of rotatable bonds is 3. The van der Waals surface area contributed by atoms with Crippen molar-refractivity contribution in [1.29, 1.82) is 0 Å². The second-order valence-electron chi connectivity index (χ2n) is 7.92. The molecule has 0 amide bonds. The first-order valence-electron chi connectivity index (χ1n) is 10.1. The van der Waals surface area contributed by atoms with Crippen molar-refractivity contribution in [2.24, 2.45) is 0 Å². The molecule has 28 heavy (non-hydrogen) atoms. The molecule has 2 aromatic rings. The Labute approximate surface area is 167 Å². The molecule has 2 N–H and O–H groups in total. The first-order valence-corrected chi connectivity index (χ1v) is 10.1. The molecule has 7 heteroatoms. The van der Waals surface area contributed by atoms with Crippen molar-refractivity contribution < 1.29 is 0 Å². The summed E-state index contributed by atoms with van der Waals surface area (Å²) in [5, 5.41) is 0. The van der Waals surface area contributed by atoms with Gasteiger partial charge in [0.25, 0.3) is 0 Å². The van der Waals surface area contributed by atoms with Crippen LogP contribution in [0.3, 0.4) is 0 Å². The number of hydrogen-bond acceptors (Lipinski definition) is 7. The molecule has 1 aromatic heterocycles. The smallest absolute Gasteiger partial charge is 0.157 e. The lowest BCUT2D eigenvalue weighted by atomic mass is 10.1. The molecule has 3 heterocycles. The SMILES string of the molecule is Cc1cccc(N2CCN(c3ncnc(N4CCN(C)CC4)c3N)CC2)c1C. The van der Waals surface area contributed by atoms with Crippen LogP contribution in [0.25, 0.3) is 0 Å². The van der Waals surface area contributed by atoms with Crippen LogP contribution in [-0.2, 0) is 0 Å². The molecule has 150 valence electrons. The van der Waals surface area contributed by atoms with Gasteiger partial charge in [-0.1, -0.05) is 12.1 Å². The van der Waals surface area contributed by atoms with Crippen molar-refractivity contribution in [3.05, 3.63) is 35.7 Å². The quantitative estimate of drug-likeness (QED) is 0.869. The summed E-state index contributed by atoms with van der Waals surface area (Å²) >= 11 is 0. The average Bonchev–Trinajstić information content (AvgIpc) is 2.71. The maximum Gasteiger partial charge on any atom is 0.157 e. The number of likely N-dealkylation sites (N-methyl/N-ethyl adjacent to an activating group) is 1. The Kier molecular flexibility index (Phi) is 5.26. The number of aromatic nitrogens is 2. The maximum absolute atomic E-state index is 6.53. The van der Waals surface area contributed by atoms with Gasteiger partial charge in [0.05, 0.1) is 0 Å². The lowest BCUT2D eigenvalue weighted by Crippen LogP contribution is -2.48. The molecule has 0 spiro atoms. The molecule has 0 bridgehead atoms. The topological polar surface area (TPSA) is 64.8 Å². The number of nitrogen functional groups attached to an aromatic ring is 1. The van der Waals surface area contributed by atoms with Crippen molar-refractivity contribution in [2.45, 2.75) is 13.8 Å². The number of anilines is 4. The minimum absolute atomic E-state index is 0.715. The van der Waals surface area contributed by atoms with E-state index in [9.17, 15) is 0 Å². The van der Waals surface area contributed by atoms with E-state index in [0.29, 0.717) is 5.69 Å². The number of hydrogen-bond donors (Lipinski definition) is 1. The Bertz CT molecular complexity index is 821. The zero-order valence-corrected chi connectivity index (χ0v) is 17.2. The minimum Gasteiger partial charge on any atom is -0.393 e. The zero-order valence-electron chi connectivity index (χ0n) is 17.2. The average molecular weight is 382 g/mol. The third kappa shape index (κ3) is 3.58. The Morgan fingerprint density at radius 2 is 1.32 bits per heavy atom. The van der Waals surface area contributed by atoms with Crippen LogP contribution in [0.15, 0.2) is 24.5 Å². The van der Waals surface area contributed by atoms with Crippen molar-refractivity contribution in [3.63, 3.8) is 0 Å². The number of nitrogens with two attached hydrogens (primary N) is 1. The summed E-state index contributed by atoms with van der Waals surface area (Å²) in [6.07, 6.45) is 1.66. The molecule has 2 aliphatic heterocycles. The van der Waals surface area contributed by atoms with Gasteiger partial charge >= 0.3 is 0 Å². The van der Waals surface area contributed by atoms with Gasteiger partial charge in [-0.3, -0.25) is 0 Å². The van der Waals surface area contributed by atoms with Gasteiger partial charge in [0.2, 0.25) is 0 Å². The minimum atomic E-state index is 0.715. The van der Waals surface area contributed by atoms with Gasteiger partial charge < -0.3 is 25.3 Å². The van der Waals surface area contributed by atoms with E-state index in [1.54, 1.807) is 6.33 Å². The molecule has 0 unspecified atom stereocenters. The van der Waals surface area contributed by atoms with E-state index in [1.807, 2.05) is 0 Å². The lowest BCUT2D eigenvalue weighted by Gasteiger charge is -2.39. The molecule has 0 aliphatic carbocycles. The van der Waals surface area contributed by atoms with Crippen molar-refractivity contribution in [3.8, 4) is 0 Å². The molecule has 0 radical (unpaired) electrons. The molecule has 2 aliphatic rings. The maximum atomic E-state index is 6.53. The molecule has 2 fully saturated rings. The number of benzene rings is 1. The van der Waals surface area contributed by atoms with E-state index in [4.69, 9.17) is 5.73 Å². The zero-order chi connectivity index (χ0) is 19.7. The highest BCUT2D eigenvalue weighted by Gasteiger charge is 2.25. The fraction of sp³-hybridized carbons (Fsp3) is 0.524. The summed E-state index contributed by atoms with van der Waals surface area (Å²) in [7, 11) is 2.15. The predicted molar refractivity (Wildman–Crippen MR) is 116 cm³/mol. The third-order valence-electron chi connectivity index (χ3n) is 6.14. The van der Waals surface area contributed by atoms with E-state index in [2.05, 4.69) is 68.7 Å². The second kappa shape index (κ2) is 7.83.